The summed E-state index contributed by atoms with van der Waals surface area (Å²) in [6.45, 7) is 1.73. The Labute approximate surface area is 197 Å². The highest BCUT2D eigenvalue weighted by Crippen LogP contribution is 2.30. The van der Waals surface area contributed by atoms with E-state index < -0.39 is 17.8 Å². The largest absolute Gasteiger partial charge is 0.433 e. The van der Waals surface area contributed by atoms with Gasteiger partial charge in [-0.05, 0) is 37.3 Å². The molecule has 0 aliphatic carbocycles. The molecule has 0 radical (unpaired) electrons. The van der Waals surface area contributed by atoms with Crippen LogP contribution in [0, 0.1) is 18.3 Å². The van der Waals surface area contributed by atoms with Crippen LogP contribution in [0.25, 0.3) is 11.1 Å². The van der Waals surface area contributed by atoms with E-state index in [2.05, 4.69) is 25.3 Å². The molecule has 4 aromatic heterocycles. The molecular weight excluding hydrogens is 461 g/mol. The number of nitriles is 1. The minimum atomic E-state index is -4.67. The molecule has 1 N–H and O–H groups in total. The Morgan fingerprint density at radius 3 is 2.57 bits per heavy atom. The lowest BCUT2D eigenvalue weighted by Gasteiger charge is -2.12. The zero-order chi connectivity index (χ0) is 25.0. The van der Waals surface area contributed by atoms with Crippen LogP contribution in [0.3, 0.4) is 0 Å². The molecule has 4 heterocycles. The number of aryl methyl sites for hydroxylation is 1. The summed E-state index contributed by atoms with van der Waals surface area (Å²) in [5.41, 5.74) is 0.679. The van der Waals surface area contributed by atoms with Gasteiger partial charge in [-0.15, -0.1) is 0 Å². The number of amides is 1. The molecule has 0 fully saturated rings. The summed E-state index contributed by atoms with van der Waals surface area (Å²) in [5, 5.41) is 12.1. The molecule has 0 aliphatic rings. The van der Waals surface area contributed by atoms with Crippen LogP contribution in [0.4, 0.5) is 18.9 Å². The van der Waals surface area contributed by atoms with Gasteiger partial charge in [-0.3, -0.25) is 14.8 Å². The summed E-state index contributed by atoms with van der Waals surface area (Å²) in [5.74, 6) is -0.413. The standard InChI is InChI=1S/C24H15F3N6O2/c1-14-19(17-8-16(11-28)23(32-12-17)35-21-4-2-3-6-30-21)10-18(13-31-14)33-22(34)15-5-7-29-20(9-15)24(25,26)27/h2-10,12-13H,1H3,(H,33,34). The summed E-state index contributed by atoms with van der Waals surface area (Å²) >= 11 is 0. The average Bonchev–Trinajstić information content (AvgIpc) is 2.85. The Balaban J connectivity index is 1.60. The summed E-state index contributed by atoms with van der Waals surface area (Å²) in [7, 11) is 0. The van der Waals surface area contributed by atoms with Crippen molar-refractivity contribution in [3.63, 3.8) is 0 Å². The van der Waals surface area contributed by atoms with E-state index in [4.69, 9.17) is 4.74 Å². The second-order valence-corrected chi connectivity index (χ2v) is 7.20. The van der Waals surface area contributed by atoms with Crippen LogP contribution in [0.2, 0.25) is 0 Å². The first-order valence-electron chi connectivity index (χ1n) is 10.1. The van der Waals surface area contributed by atoms with E-state index in [1.165, 1.54) is 18.5 Å². The third-order valence-corrected chi connectivity index (χ3v) is 4.78. The number of nitrogens with one attached hydrogen (secondary N) is 1. The minimum absolute atomic E-state index is 0.0724. The molecule has 1 amide bonds. The van der Waals surface area contributed by atoms with Crippen LogP contribution in [0.5, 0.6) is 11.8 Å². The van der Waals surface area contributed by atoms with E-state index in [0.29, 0.717) is 22.9 Å². The summed E-state index contributed by atoms with van der Waals surface area (Å²) in [4.78, 5) is 28.3. The monoisotopic (exact) mass is 476 g/mol. The number of halogens is 3. The number of carbonyl (C=O) groups excluding carboxylic acids is 1. The van der Waals surface area contributed by atoms with Gasteiger partial charge in [0.1, 0.15) is 17.3 Å². The Bertz CT molecular complexity index is 1440. The van der Waals surface area contributed by atoms with Crippen LogP contribution in [-0.4, -0.2) is 25.8 Å². The van der Waals surface area contributed by atoms with Gasteiger partial charge in [0, 0.05) is 47.0 Å². The van der Waals surface area contributed by atoms with Crippen molar-refractivity contribution in [3.8, 4) is 29.0 Å². The molecule has 0 unspecified atom stereocenters. The molecular formula is C24H15F3N6O2. The molecule has 174 valence electrons. The quantitative estimate of drug-likeness (QED) is 0.422. The van der Waals surface area contributed by atoms with E-state index in [1.807, 2.05) is 6.07 Å². The topological polar surface area (TPSA) is 114 Å². The summed E-state index contributed by atoms with van der Waals surface area (Å²) < 4.78 is 44.3. The van der Waals surface area contributed by atoms with E-state index in [0.717, 1.165) is 6.20 Å². The van der Waals surface area contributed by atoms with Gasteiger partial charge in [0.25, 0.3) is 5.91 Å². The molecule has 11 heteroatoms. The molecule has 0 aromatic carbocycles. The van der Waals surface area contributed by atoms with Crippen molar-refractivity contribution in [2.45, 2.75) is 13.1 Å². The van der Waals surface area contributed by atoms with Gasteiger partial charge in [0.15, 0.2) is 0 Å². The van der Waals surface area contributed by atoms with Crippen LogP contribution in [0.15, 0.2) is 67.3 Å². The van der Waals surface area contributed by atoms with Crippen LogP contribution in [0.1, 0.15) is 27.3 Å². The molecule has 0 bridgehead atoms. The first-order chi connectivity index (χ1) is 16.7. The number of alkyl halides is 3. The Morgan fingerprint density at radius 2 is 1.86 bits per heavy atom. The van der Waals surface area contributed by atoms with E-state index in [9.17, 15) is 23.2 Å². The maximum atomic E-state index is 12.9. The molecule has 0 aliphatic heterocycles. The number of carbonyl (C=O) groups is 1. The lowest BCUT2D eigenvalue weighted by Crippen LogP contribution is -2.15. The molecule has 8 nitrogen and oxygen atoms in total. The van der Waals surface area contributed by atoms with Gasteiger partial charge in [0.05, 0.1) is 11.9 Å². The van der Waals surface area contributed by atoms with Crippen molar-refractivity contribution < 1.29 is 22.7 Å². The fourth-order valence-corrected chi connectivity index (χ4v) is 3.09. The van der Waals surface area contributed by atoms with Crippen molar-refractivity contribution in [1.29, 1.82) is 5.26 Å². The Kier molecular flexibility index (Phi) is 6.37. The normalized spacial score (nSPS) is 10.9. The number of nitrogens with zero attached hydrogens (tertiary/aromatic N) is 5. The Hall–Kier alpha value is -4.85. The van der Waals surface area contributed by atoms with Crippen molar-refractivity contribution in [2.24, 2.45) is 0 Å². The first-order valence-corrected chi connectivity index (χ1v) is 10.1. The predicted octanol–water partition coefficient (Wildman–Crippen LogP) is 5.18. The smallest absolute Gasteiger partial charge is 0.419 e. The van der Waals surface area contributed by atoms with Gasteiger partial charge >= 0.3 is 6.18 Å². The third-order valence-electron chi connectivity index (χ3n) is 4.78. The third kappa shape index (κ3) is 5.39. The first kappa shape index (κ1) is 23.3. The molecule has 0 atom stereocenters. The molecule has 0 saturated heterocycles. The SMILES string of the molecule is Cc1ncc(NC(=O)c2ccnc(C(F)(F)F)c2)cc1-c1cnc(Oc2ccccn2)c(C#N)c1. The molecule has 4 aromatic rings. The van der Waals surface area contributed by atoms with Gasteiger partial charge in [-0.2, -0.15) is 18.4 Å². The second kappa shape index (κ2) is 9.56. The van der Waals surface area contributed by atoms with Crippen molar-refractivity contribution >= 4 is 11.6 Å². The van der Waals surface area contributed by atoms with E-state index >= 15 is 0 Å². The lowest BCUT2D eigenvalue weighted by molar-refractivity contribution is -0.141. The van der Waals surface area contributed by atoms with Crippen LogP contribution in [-0.2, 0) is 6.18 Å². The zero-order valence-electron chi connectivity index (χ0n) is 18.0. The fourth-order valence-electron chi connectivity index (χ4n) is 3.09. The number of aromatic nitrogens is 4. The van der Waals surface area contributed by atoms with Gasteiger partial charge in [-0.25, -0.2) is 9.97 Å². The second-order valence-electron chi connectivity index (χ2n) is 7.20. The predicted molar refractivity (Wildman–Crippen MR) is 118 cm³/mol. The van der Waals surface area contributed by atoms with Crippen molar-refractivity contribution in [1.82, 2.24) is 19.9 Å². The molecule has 0 spiro atoms. The van der Waals surface area contributed by atoms with Gasteiger partial charge < -0.3 is 10.1 Å². The number of hydrogen-bond donors (Lipinski definition) is 1. The number of pyridine rings is 4. The maximum absolute atomic E-state index is 12.9. The van der Waals surface area contributed by atoms with Gasteiger partial charge in [-0.1, -0.05) is 6.07 Å². The number of anilines is 1. The fraction of sp³-hybridized carbons (Fsp3) is 0.0833. The van der Waals surface area contributed by atoms with E-state index in [1.54, 1.807) is 43.5 Å². The highest BCUT2D eigenvalue weighted by atomic mass is 19.4. The molecule has 35 heavy (non-hydrogen) atoms. The number of ether oxygens (including phenoxy) is 1. The summed E-state index contributed by atoms with van der Waals surface area (Å²) in [6, 6.07) is 12.1. The summed E-state index contributed by atoms with van der Waals surface area (Å²) in [6.07, 6.45) is 0.639. The van der Waals surface area contributed by atoms with Crippen molar-refractivity contribution in [3.05, 3.63) is 89.8 Å². The maximum Gasteiger partial charge on any atom is 0.433 e. The van der Waals surface area contributed by atoms with Crippen molar-refractivity contribution in [2.75, 3.05) is 5.32 Å². The van der Waals surface area contributed by atoms with Gasteiger partial charge in [0.2, 0.25) is 11.8 Å². The average molecular weight is 476 g/mol. The molecule has 4 rings (SSSR count). The highest BCUT2D eigenvalue weighted by molar-refractivity contribution is 6.04. The minimum Gasteiger partial charge on any atom is -0.419 e. The van der Waals surface area contributed by atoms with Crippen LogP contribution >= 0.6 is 0 Å². The number of rotatable bonds is 5. The lowest BCUT2D eigenvalue weighted by atomic mass is 10.0. The zero-order valence-corrected chi connectivity index (χ0v) is 18.0. The van der Waals surface area contributed by atoms with Crippen LogP contribution < -0.4 is 10.1 Å². The molecule has 0 saturated carbocycles. The van der Waals surface area contributed by atoms with E-state index in [-0.39, 0.29) is 28.6 Å². The highest BCUT2D eigenvalue weighted by Gasteiger charge is 2.33. The Morgan fingerprint density at radius 1 is 1.03 bits per heavy atom. The number of hydrogen-bond acceptors (Lipinski definition) is 7.